The highest BCUT2D eigenvalue weighted by atomic mass is 16.5. The van der Waals surface area contributed by atoms with Gasteiger partial charge in [0.1, 0.15) is 5.60 Å². The predicted molar refractivity (Wildman–Crippen MR) is 79.2 cm³/mol. The topological polar surface area (TPSA) is 58.6 Å². The number of hydrogen-bond acceptors (Lipinski definition) is 5. The summed E-state index contributed by atoms with van der Waals surface area (Å²) in [5.41, 5.74) is 0.790. The molecule has 2 aliphatic rings. The molecule has 0 bridgehead atoms. The lowest BCUT2D eigenvalue weighted by Crippen LogP contribution is -2.60. The van der Waals surface area contributed by atoms with Crippen LogP contribution in [0, 0.1) is 6.92 Å². The summed E-state index contributed by atoms with van der Waals surface area (Å²) in [5, 5.41) is 0. The van der Waals surface area contributed by atoms with Crippen molar-refractivity contribution in [1.29, 1.82) is 0 Å². The molecule has 2 fully saturated rings. The molecule has 0 radical (unpaired) electrons. The molecule has 6 nitrogen and oxygen atoms in total. The van der Waals surface area contributed by atoms with Gasteiger partial charge in [0.25, 0.3) is 0 Å². The number of anilines is 1. The van der Waals surface area contributed by atoms with E-state index in [1.54, 1.807) is 6.92 Å². The summed E-state index contributed by atoms with van der Waals surface area (Å²) in [6, 6.07) is 0. The predicted octanol–water partition coefficient (Wildman–Crippen LogP) is 1.00. The molecule has 0 aromatic carbocycles. The molecule has 0 aliphatic carbocycles. The van der Waals surface area contributed by atoms with Crippen molar-refractivity contribution in [2.24, 2.45) is 0 Å². The lowest BCUT2D eigenvalue weighted by Gasteiger charge is -2.47. The van der Waals surface area contributed by atoms with E-state index in [4.69, 9.17) is 4.74 Å². The van der Waals surface area contributed by atoms with Gasteiger partial charge in [-0.05, 0) is 25.3 Å². The second-order valence-electron chi connectivity index (χ2n) is 6.06. The SMILES string of the molecule is CC(=O)N1CCC[C@]2(C1)CN(c1ncc(C)cn1)CCO2. The Labute approximate surface area is 125 Å². The Balaban J connectivity index is 1.75. The molecule has 21 heavy (non-hydrogen) atoms. The Bertz CT molecular complexity index is 515. The van der Waals surface area contributed by atoms with E-state index >= 15 is 0 Å². The van der Waals surface area contributed by atoms with Crippen LogP contribution in [0.25, 0.3) is 0 Å². The minimum Gasteiger partial charge on any atom is -0.369 e. The summed E-state index contributed by atoms with van der Waals surface area (Å²) in [4.78, 5) is 24.5. The first kappa shape index (κ1) is 14.3. The van der Waals surface area contributed by atoms with Gasteiger partial charge in [-0.15, -0.1) is 0 Å². The Kier molecular flexibility index (Phi) is 3.80. The first-order valence-corrected chi connectivity index (χ1v) is 7.51. The molecule has 3 heterocycles. The van der Waals surface area contributed by atoms with Gasteiger partial charge < -0.3 is 14.5 Å². The minimum absolute atomic E-state index is 0.126. The first-order chi connectivity index (χ1) is 10.1. The number of aromatic nitrogens is 2. The quantitative estimate of drug-likeness (QED) is 0.772. The number of nitrogens with zero attached hydrogens (tertiary/aromatic N) is 4. The zero-order valence-electron chi connectivity index (χ0n) is 12.7. The lowest BCUT2D eigenvalue weighted by atomic mass is 9.90. The van der Waals surface area contributed by atoms with E-state index < -0.39 is 0 Å². The molecule has 1 atom stereocenters. The summed E-state index contributed by atoms with van der Waals surface area (Å²) >= 11 is 0. The van der Waals surface area contributed by atoms with Gasteiger partial charge in [0, 0.05) is 32.4 Å². The van der Waals surface area contributed by atoms with Crippen LogP contribution >= 0.6 is 0 Å². The van der Waals surface area contributed by atoms with Gasteiger partial charge in [0.05, 0.1) is 19.7 Å². The highest BCUT2D eigenvalue weighted by Gasteiger charge is 2.41. The molecule has 0 saturated carbocycles. The van der Waals surface area contributed by atoms with Gasteiger partial charge in [-0.25, -0.2) is 9.97 Å². The van der Waals surface area contributed by atoms with Gasteiger partial charge in [-0.1, -0.05) is 0 Å². The fraction of sp³-hybridized carbons (Fsp3) is 0.667. The van der Waals surface area contributed by atoms with Crippen molar-refractivity contribution >= 4 is 11.9 Å². The summed E-state index contributed by atoms with van der Waals surface area (Å²) < 4.78 is 6.07. The molecule has 6 heteroatoms. The van der Waals surface area contributed by atoms with Crippen molar-refractivity contribution in [3.8, 4) is 0 Å². The van der Waals surface area contributed by atoms with Crippen LogP contribution in [0.5, 0.6) is 0 Å². The molecule has 1 aromatic heterocycles. The number of likely N-dealkylation sites (tertiary alicyclic amines) is 1. The molecular weight excluding hydrogens is 268 g/mol. The number of hydrogen-bond donors (Lipinski definition) is 0. The van der Waals surface area contributed by atoms with Gasteiger partial charge in [-0.3, -0.25) is 4.79 Å². The van der Waals surface area contributed by atoms with Crippen molar-refractivity contribution in [2.45, 2.75) is 32.3 Å². The number of rotatable bonds is 1. The van der Waals surface area contributed by atoms with Crippen LogP contribution in [0.1, 0.15) is 25.3 Å². The summed E-state index contributed by atoms with van der Waals surface area (Å²) in [5.74, 6) is 0.879. The third kappa shape index (κ3) is 3.00. The number of carbonyl (C=O) groups excluding carboxylic acids is 1. The second-order valence-corrected chi connectivity index (χ2v) is 6.06. The number of piperidine rings is 1. The largest absolute Gasteiger partial charge is 0.369 e. The summed E-state index contributed by atoms with van der Waals surface area (Å²) in [6.07, 6.45) is 5.65. The molecule has 2 saturated heterocycles. The molecule has 114 valence electrons. The fourth-order valence-electron chi connectivity index (χ4n) is 3.18. The second kappa shape index (κ2) is 5.60. The Hall–Kier alpha value is -1.69. The average Bonchev–Trinajstić information content (AvgIpc) is 2.48. The van der Waals surface area contributed by atoms with Crippen LogP contribution in [0.15, 0.2) is 12.4 Å². The van der Waals surface area contributed by atoms with Gasteiger partial charge in [0.2, 0.25) is 11.9 Å². The van der Waals surface area contributed by atoms with Gasteiger partial charge >= 0.3 is 0 Å². The average molecular weight is 290 g/mol. The van der Waals surface area contributed by atoms with E-state index in [9.17, 15) is 4.79 Å². The Morgan fingerprint density at radius 3 is 2.76 bits per heavy atom. The highest BCUT2D eigenvalue weighted by molar-refractivity contribution is 5.73. The lowest BCUT2D eigenvalue weighted by molar-refractivity contribution is -0.142. The molecule has 0 unspecified atom stereocenters. The molecular formula is C15H22N4O2. The van der Waals surface area contributed by atoms with E-state index in [0.29, 0.717) is 13.2 Å². The maximum Gasteiger partial charge on any atom is 0.225 e. The molecule has 0 N–H and O–H groups in total. The summed E-state index contributed by atoms with van der Waals surface area (Å²) in [7, 11) is 0. The fourth-order valence-corrected chi connectivity index (χ4v) is 3.18. The van der Waals surface area contributed by atoms with E-state index in [0.717, 1.165) is 44.0 Å². The van der Waals surface area contributed by atoms with Crippen LogP contribution in [0.2, 0.25) is 0 Å². The van der Waals surface area contributed by atoms with E-state index in [2.05, 4.69) is 14.9 Å². The Morgan fingerprint density at radius 1 is 1.29 bits per heavy atom. The maximum absolute atomic E-state index is 11.6. The molecule has 1 spiro atoms. The van der Waals surface area contributed by atoms with Crippen molar-refractivity contribution in [3.63, 3.8) is 0 Å². The standard InChI is InChI=1S/C15H22N4O2/c1-12-8-16-14(17-9-12)19-6-7-21-15(11-19)4-3-5-18(10-15)13(2)20/h8-9H,3-7,10-11H2,1-2H3/t15-/m0/s1. The third-order valence-corrected chi connectivity index (χ3v) is 4.28. The van der Waals surface area contributed by atoms with Crippen LogP contribution in [0.4, 0.5) is 5.95 Å². The highest BCUT2D eigenvalue weighted by Crippen LogP contribution is 2.30. The molecule has 1 amide bonds. The van der Waals surface area contributed by atoms with Crippen LogP contribution in [-0.4, -0.2) is 59.2 Å². The van der Waals surface area contributed by atoms with Crippen molar-refractivity contribution in [3.05, 3.63) is 18.0 Å². The number of amides is 1. The van der Waals surface area contributed by atoms with Crippen molar-refractivity contribution in [2.75, 3.05) is 37.7 Å². The number of carbonyl (C=O) groups is 1. The van der Waals surface area contributed by atoms with Crippen LogP contribution < -0.4 is 4.90 Å². The molecule has 2 aliphatic heterocycles. The third-order valence-electron chi connectivity index (χ3n) is 4.28. The van der Waals surface area contributed by atoms with Gasteiger partial charge in [0.15, 0.2) is 0 Å². The number of ether oxygens (including phenoxy) is 1. The number of morpholine rings is 1. The van der Waals surface area contributed by atoms with Crippen LogP contribution in [-0.2, 0) is 9.53 Å². The normalized spacial score (nSPS) is 26.2. The van der Waals surface area contributed by atoms with Crippen LogP contribution in [0.3, 0.4) is 0 Å². The zero-order valence-corrected chi connectivity index (χ0v) is 12.7. The van der Waals surface area contributed by atoms with E-state index in [1.807, 2.05) is 24.2 Å². The van der Waals surface area contributed by atoms with Crippen molar-refractivity contribution < 1.29 is 9.53 Å². The summed E-state index contributed by atoms with van der Waals surface area (Å²) in [6.45, 7) is 7.32. The smallest absolute Gasteiger partial charge is 0.225 e. The Morgan fingerprint density at radius 2 is 2.05 bits per heavy atom. The molecule has 1 aromatic rings. The maximum atomic E-state index is 11.6. The first-order valence-electron chi connectivity index (χ1n) is 7.51. The monoisotopic (exact) mass is 290 g/mol. The number of aryl methyl sites for hydroxylation is 1. The van der Waals surface area contributed by atoms with Crippen molar-refractivity contribution in [1.82, 2.24) is 14.9 Å². The minimum atomic E-state index is -0.267. The molecule has 3 rings (SSSR count). The zero-order chi connectivity index (χ0) is 14.9. The van der Waals surface area contributed by atoms with Gasteiger partial charge in [-0.2, -0.15) is 0 Å². The van der Waals surface area contributed by atoms with E-state index in [1.165, 1.54) is 0 Å². The van der Waals surface area contributed by atoms with E-state index in [-0.39, 0.29) is 11.5 Å².